The molecular weight excluding hydrogens is 273 g/mol. The zero-order valence-electron chi connectivity index (χ0n) is 12.1. The molecule has 20 heavy (non-hydrogen) atoms. The number of thiophene rings is 1. The van der Waals surface area contributed by atoms with Crippen LogP contribution in [0.2, 0.25) is 0 Å². The lowest BCUT2D eigenvalue weighted by Crippen LogP contribution is -2.28. The number of benzene rings is 1. The molecule has 0 radical (unpaired) electrons. The van der Waals surface area contributed by atoms with Crippen LogP contribution in [0.15, 0.2) is 18.2 Å². The number of halogens is 1. The van der Waals surface area contributed by atoms with Crippen LogP contribution in [-0.2, 0) is 0 Å². The first kappa shape index (κ1) is 15.0. The molecule has 1 aromatic heterocycles. The maximum Gasteiger partial charge on any atom is 0.261 e. The zero-order valence-corrected chi connectivity index (χ0v) is 12.9. The van der Waals surface area contributed by atoms with Gasteiger partial charge in [-0.05, 0) is 30.5 Å². The molecule has 0 aliphatic carbocycles. The normalized spacial score (nSPS) is 11.2. The summed E-state index contributed by atoms with van der Waals surface area (Å²) in [7, 11) is 0. The van der Waals surface area contributed by atoms with E-state index in [1.165, 1.54) is 17.4 Å². The number of rotatable bonds is 5. The summed E-state index contributed by atoms with van der Waals surface area (Å²) in [6.45, 7) is 6.75. The zero-order chi connectivity index (χ0) is 14.7. The average molecular weight is 293 g/mol. The van der Waals surface area contributed by atoms with E-state index in [0.29, 0.717) is 22.7 Å². The SMILES string of the molecule is CCC(CC)CNC(=O)c1sc2cccc(F)c2c1C. The van der Waals surface area contributed by atoms with Gasteiger partial charge >= 0.3 is 0 Å². The molecule has 0 aliphatic heterocycles. The molecule has 2 nitrogen and oxygen atoms in total. The van der Waals surface area contributed by atoms with Gasteiger partial charge in [0, 0.05) is 16.6 Å². The highest BCUT2D eigenvalue weighted by Crippen LogP contribution is 2.32. The summed E-state index contributed by atoms with van der Waals surface area (Å²) >= 11 is 1.36. The molecule has 1 N–H and O–H groups in total. The van der Waals surface area contributed by atoms with Gasteiger partial charge in [0.25, 0.3) is 5.91 Å². The predicted molar refractivity (Wildman–Crippen MR) is 82.9 cm³/mol. The number of carbonyl (C=O) groups excluding carboxylic acids is 1. The van der Waals surface area contributed by atoms with E-state index in [0.717, 1.165) is 23.1 Å². The van der Waals surface area contributed by atoms with E-state index >= 15 is 0 Å². The highest BCUT2D eigenvalue weighted by atomic mass is 32.1. The molecule has 0 bridgehead atoms. The fraction of sp³-hybridized carbons (Fsp3) is 0.438. The molecule has 4 heteroatoms. The maximum absolute atomic E-state index is 13.8. The predicted octanol–water partition coefficient (Wildman–Crippen LogP) is 4.51. The molecule has 2 rings (SSSR count). The lowest BCUT2D eigenvalue weighted by molar-refractivity contribution is 0.0950. The van der Waals surface area contributed by atoms with E-state index in [9.17, 15) is 9.18 Å². The molecule has 0 saturated carbocycles. The monoisotopic (exact) mass is 293 g/mol. The summed E-state index contributed by atoms with van der Waals surface area (Å²) in [5, 5.41) is 3.55. The van der Waals surface area contributed by atoms with Crippen molar-refractivity contribution in [3.63, 3.8) is 0 Å². The number of carbonyl (C=O) groups is 1. The molecule has 1 amide bonds. The average Bonchev–Trinajstić information content (AvgIpc) is 2.78. The van der Waals surface area contributed by atoms with E-state index in [2.05, 4.69) is 19.2 Å². The topological polar surface area (TPSA) is 29.1 Å². The van der Waals surface area contributed by atoms with Crippen LogP contribution in [0.5, 0.6) is 0 Å². The molecule has 0 fully saturated rings. The van der Waals surface area contributed by atoms with Crippen LogP contribution in [-0.4, -0.2) is 12.5 Å². The van der Waals surface area contributed by atoms with Gasteiger partial charge in [0.1, 0.15) is 5.82 Å². The summed E-state index contributed by atoms with van der Waals surface area (Å²) in [5.41, 5.74) is 0.741. The quantitative estimate of drug-likeness (QED) is 0.863. The lowest BCUT2D eigenvalue weighted by atomic mass is 10.0. The van der Waals surface area contributed by atoms with Crippen molar-refractivity contribution in [3.05, 3.63) is 34.5 Å². The molecular formula is C16H20FNOS. The van der Waals surface area contributed by atoms with Gasteiger partial charge < -0.3 is 5.32 Å². The Kier molecular flexibility index (Phi) is 4.76. The summed E-state index contributed by atoms with van der Waals surface area (Å²) in [5.74, 6) is 0.163. The molecule has 0 aliphatic rings. The maximum atomic E-state index is 13.8. The van der Waals surface area contributed by atoms with Crippen LogP contribution < -0.4 is 5.32 Å². The second-order valence-corrected chi connectivity index (χ2v) is 6.11. The Morgan fingerprint density at radius 3 is 2.65 bits per heavy atom. The molecule has 0 atom stereocenters. The highest BCUT2D eigenvalue weighted by molar-refractivity contribution is 7.21. The Balaban J connectivity index is 2.23. The van der Waals surface area contributed by atoms with Crippen molar-refractivity contribution in [1.29, 1.82) is 0 Å². The second kappa shape index (κ2) is 6.35. The van der Waals surface area contributed by atoms with E-state index in [4.69, 9.17) is 0 Å². The van der Waals surface area contributed by atoms with Gasteiger partial charge in [-0.3, -0.25) is 4.79 Å². The van der Waals surface area contributed by atoms with Gasteiger partial charge in [-0.1, -0.05) is 32.8 Å². The van der Waals surface area contributed by atoms with E-state index in [1.54, 1.807) is 6.07 Å². The first-order valence-electron chi connectivity index (χ1n) is 7.04. The fourth-order valence-corrected chi connectivity index (χ4v) is 3.50. The Bertz CT molecular complexity index is 616. The van der Waals surface area contributed by atoms with Crippen LogP contribution >= 0.6 is 11.3 Å². The minimum absolute atomic E-state index is 0.0880. The molecule has 0 spiro atoms. The van der Waals surface area contributed by atoms with E-state index in [1.807, 2.05) is 13.0 Å². The Morgan fingerprint density at radius 2 is 2.05 bits per heavy atom. The minimum atomic E-state index is -0.254. The van der Waals surface area contributed by atoms with Gasteiger partial charge in [0.05, 0.1) is 4.88 Å². The molecule has 2 aromatic rings. The largest absolute Gasteiger partial charge is 0.351 e. The van der Waals surface area contributed by atoms with Crippen LogP contribution in [0.3, 0.4) is 0 Å². The number of hydrogen-bond donors (Lipinski definition) is 1. The van der Waals surface area contributed by atoms with Gasteiger partial charge in [-0.25, -0.2) is 4.39 Å². The van der Waals surface area contributed by atoms with Crippen molar-refractivity contribution in [3.8, 4) is 0 Å². The standard InChI is InChI=1S/C16H20FNOS/c1-4-11(5-2)9-18-16(19)15-10(3)14-12(17)7-6-8-13(14)20-15/h6-8,11H,4-5,9H2,1-3H3,(H,18,19). The summed E-state index contributed by atoms with van der Waals surface area (Å²) in [6.07, 6.45) is 2.10. The number of nitrogens with one attached hydrogen (secondary N) is 1. The van der Waals surface area contributed by atoms with Crippen molar-refractivity contribution < 1.29 is 9.18 Å². The molecule has 1 heterocycles. The van der Waals surface area contributed by atoms with Crippen molar-refractivity contribution in [2.45, 2.75) is 33.6 Å². The molecule has 0 saturated heterocycles. The smallest absolute Gasteiger partial charge is 0.261 e. The lowest BCUT2D eigenvalue weighted by Gasteiger charge is -2.12. The van der Waals surface area contributed by atoms with Crippen LogP contribution in [0.1, 0.15) is 41.9 Å². The van der Waals surface area contributed by atoms with Crippen LogP contribution in [0.4, 0.5) is 4.39 Å². The van der Waals surface area contributed by atoms with Gasteiger partial charge in [-0.15, -0.1) is 11.3 Å². The number of hydrogen-bond acceptors (Lipinski definition) is 2. The number of amides is 1. The van der Waals surface area contributed by atoms with Crippen LogP contribution in [0, 0.1) is 18.7 Å². The summed E-state index contributed by atoms with van der Waals surface area (Å²) < 4.78 is 14.7. The molecule has 108 valence electrons. The van der Waals surface area contributed by atoms with Crippen LogP contribution in [0.25, 0.3) is 10.1 Å². The minimum Gasteiger partial charge on any atom is -0.351 e. The third-order valence-electron chi connectivity index (χ3n) is 3.82. The van der Waals surface area contributed by atoms with Crippen molar-refractivity contribution in [1.82, 2.24) is 5.32 Å². The second-order valence-electron chi connectivity index (χ2n) is 5.06. The Labute approximate surface area is 123 Å². The first-order valence-corrected chi connectivity index (χ1v) is 7.85. The van der Waals surface area contributed by atoms with Gasteiger partial charge in [-0.2, -0.15) is 0 Å². The fourth-order valence-electron chi connectivity index (χ4n) is 2.36. The summed E-state index contributed by atoms with van der Waals surface area (Å²) in [4.78, 5) is 12.9. The third kappa shape index (κ3) is 2.85. The van der Waals surface area contributed by atoms with Crippen molar-refractivity contribution in [2.24, 2.45) is 5.92 Å². The van der Waals surface area contributed by atoms with Crippen molar-refractivity contribution in [2.75, 3.05) is 6.54 Å². The first-order chi connectivity index (χ1) is 9.58. The van der Waals surface area contributed by atoms with Crippen molar-refractivity contribution >= 4 is 27.3 Å². The van der Waals surface area contributed by atoms with E-state index < -0.39 is 0 Å². The van der Waals surface area contributed by atoms with Gasteiger partial charge in [0.15, 0.2) is 0 Å². The Morgan fingerprint density at radius 1 is 1.35 bits per heavy atom. The van der Waals surface area contributed by atoms with E-state index in [-0.39, 0.29) is 11.7 Å². The summed E-state index contributed by atoms with van der Waals surface area (Å²) in [6, 6.07) is 4.97. The number of aryl methyl sites for hydroxylation is 1. The Hall–Kier alpha value is -1.42. The third-order valence-corrected chi connectivity index (χ3v) is 5.07. The highest BCUT2D eigenvalue weighted by Gasteiger charge is 2.18. The number of fused-ring (bicyclic) bond motifs is 1. The molecule has 0 unspecified atom stereocenters. The molecule has 1 aromatic carbocycles. The van der Waals surface area contributed by atoms with Gasteiger partial charge in [0.2, 0.25) is 0 Å².